The van der Waals surface area contributed by atoms with E-state index in [0.29, 0.717) is 6.42 Å². The minimum atomic E-state index is -0.0688. The van der Waals surface area contributed by atoms with Crippen LogP contribution in [0.25, 0.3) is 0 Å². The summed E-state index contributed by atoms with van der Waals surface area (Å²) in [5, 5.41) is 0. The average molecular weight is 399 g/mol. The first-order chi connectivity index (χ1) is 13.7. The van der Waals surface area contributed by atoms with Crippen LogP contribution in [0.15, 0.2) is 6.07 Å². The lowest BCUT2D eigenvalue weighted by Crippen LogP contribution is -2.30. The van der Waals surface area contributed by atoms with Crippen molar-refractivity contribution >= 4 is 17.3 Å². The molecule has 0 heterocycles. The van der Waals surface area contributed by atoms with E-state index in [2.05, 4.69) is 33.8 Å². The molecule has 0 fully saturated rings. The molecule has 0 radical (unpaired) electrons. The fraction of sp³-hybridized carbons (Fsp3) is 0.654. The molecular formula is C26H38O3. The van der Waals surface area contributed by atoms with Crippen molar-refractivity contribution < 1.29 is 14.4 Å². The van der Waals surface area contributed by atoms with Gasteiger partial charge in [-0.25, -0.2) is 0 Å². The van der Waals surface area contributed by atoms with Gasteiger partial charge in [-0.3, -0.25) is 14.4 Å². The Kier molecular flexibility index (Phi) is 8.36. The van der Waals surface area contributed by atoms with Gasteiger partial charge >= 0.3 is 0 Å². The van der Waals surface area contributed by atoms with E-state index >= 15 is 0 Å². The second-order valence-corrected chi connectivity index (χ2v) is 9.03. The molecule has 1 aliphatic carbocycles. The number of hydrogen-bond donors (Lipinski definition) is 0. The largest absolute Gasteiger partial charge is 0.300 e. The summed E-state index contributed by atoms with van der Waals surface area (Å²) in [6, 6.07) is 2.25. The molecule has 0 saturated heterocycles. The number of rotatable bonds is 10. The van der Waals surface area contributed by atoms with E-state index in [0.717, 1.165) is 49.7 Å². The van der Waals surface area contributed by atoms with E-state index in [-0.39, 0.29) is 41.5 Å². The Morgan fingerprint density at radius 2 is 1.83 bits per heavy atom. The van der Waals surface area contributed by atoms with Crippen LogP contribution in [0.2, 0.25) is 0 Å². The van der Waals surface area contributed by atoms with Crippen LogP contribution in [0, 0.1) is 31.6 Å². The summed E-state index contributed by atoms with van der Waals surface area (Å²) in [5.74, 6) is 0.780. The third-order valence-electron chi connectivity index (χ3n) is 6.81. The zero-order valence-electron chi connectivity index (χ0n) is 19.2. The highest BCUT2D eigenvalue weighted by Gasteiger charge is 2.33. The highest BCUT2D eigenvalue weighted by atomic mass is 16.1. The van der Waals surface area contributed by atoms with Crippen LogP contribution in [0.3, 0.4) is 0 Å². The monoisotopic (exact) mass is 398 g/mol. The summed E-state index contributed by atoms with van der Waals surface area (Å²) >= 11 is 0. The topological polar surface area (TPSA) is 51.2 Å². The average Bonchev–Trinajstić information content (AvgIpc) is 2.64. The molecule has 0 saturated carbocycles. The van der Waals surface area contributed by atoms with Gasteiger partial charge in [0.05, 0.1) is 6.42 Å². The van der Waals surface area contributed by atoms with E-state index in [1.54, 1.807) is 0 Å². The Balaban J connectivity index is 2.28. The third kappa shape index (κ3) is 5.43. The summed E-state index contributed by atoms with van der Waals surface area (Å²) in [6.45, 7) is 12.0. The minimum Gasteiger partial charge on any atom is -0.300 e. The molecule has 3 nitrogen and oxygen atoms in total. The molecule has 3 heteroatoms. The maximum Gasteiger partial charge on any atom is 0.163 e. The van der Waals surface area contributed by atoms with Crippen LogP contribution < -0.4 is 0 Å². The first-order valence-corrected chi connectivity index (χ1v) is 11.4. The molecule has 3 unspecified atom stereocenters. The number of aryl methyl sites for hydroxylation is 2. The van der Waals surface area contributed by atoms with Gasteiger partial charge in [-0.2, -0.15) is 0 Å². The SMILES string of the molecule is CCCC(CC1CC(=O)c2c(C)c(C)cc(CC)c2C1)C(CC)C(=O)CC(C)=O. The van der Waals surface area contributed by atoms with E-state index in [1.807, 2.05) is 6.92 Å². The second-order valence-electron chi connectivity index (χ2n) is 9.03. The number of fused-ring (bicyclic) bond motifs is 1. The number of hydrogen-bond acceptors (Lipinski definition) is 3. The molecule has 0 N–H and O–H groups in total. The number of carbonyl (C=O) groups excluding carboxylic acids is 3. The molecule has 0 amide bonds. The van der Waals surface area contributed by atoms with Crippen LogP contribution in [0.5, 0.6) is 0 Å². The van der Waals surface area contributed by atoms with Gasteiger partial charge in [0.15, 0.2) is 5.78 Å². The highest BCUT2D eigenvalue weighted by Crippen LogP contribution is 2.38. The fourth-order valence-corrected chi connectivity index (χ4v) is 5.34. The van der Waals surface area contributed by atoms with Crippen LogP contribution in [-0.4, -0.2) is 17.3 Å². The summed E-state index contributed by atoms with van der Waals surface area (Å²) in [4.78, 5) is 37.3. The van der Waals surface area contributed by atoms with Gasteiger partial charge in [0, 0.05) is 17.9 Å². The molecular weight excluding hydrogens is 360 g/mol. The van der Waals surface area contributed by atoms with Gasteiger partial charge < -0.3 is 0 Å². The van der Waals surface area contributed by atoms with Crippen LogP contribution in [0.1, 0.15) is 98.8 Å². The lowest BCUT2D eigenvalue weighted by molar-refractivity contribution is -0.129. The van der Waals surface area contributed by atoms with Gasteiger partial charge in [0.1, 0.15) is 11.6 Å². The van der Waals surface area contributed by atoms with Crippen LogP contribution in [0.4, 0.5) is 0 Å². The lowest BCUT2D eigenvalue weighted by atomic mass is 9.71. The highest BCUT2D eigenvalue weighted by molar-refractivity contribution is 6.01. The zero-order valence-corrected chi connectivity index (χ0v) is 19.2. The number of carbonyl (C=O) groups is 3. The standard InChI is InChI=1S/C26H38O3/c1-7-10-21(22(9-3)24(28)12-17(5)27)13-19-14-23-20(8-2)11-16(4)18(6)26(23)25(29)15-19/h11,19,21-22H,7-10,12-15H2,1-6H3. The fourth-order valence-electron chi connectivity index (χ4n) is 5.34. The first kappa shape index (κ1) is 23.5. The Bertz CT molecular complexity index is 775. The molecule has 0 aromatic heterocycles. The molecule has 1 aromatic carbocycles. The van der Waals surface area contributed by atoms with Gasteiger partial charge in [-0.1, -0.05) is 39.7 Å². The first-order valence-electron chi connectivity index (χ1n) is 11.4. The van der Waals surface area contributed by atoms with E-state index in [1.165, 1.54) is 23.6 Å². The predicted octanol–water partition coefficient (Wildman–Crippen LogP) is 5.99. The molecule has 0 bridgehead atoms. The molecule has 0 spiro atoms. The minimum absolute atomic E-state index is 0.0452. The Hall–Kier alpha value is -1.77. The van der Waals surface area contributed by atoms with Crippen molar-refractivity contribution in [2.75, 3.05) is 0 Å². The van der Waals surface area contributed by atoms with Crippen molar-refractivity contribution in [2.45, 2.75) is 92.9 Å². The molecule has 3 atom stereocenters. The van der Waals surface area contributed by atoms with Crippen molar-refractivity contribution in [3.8, 4) is 0 Å². The molecule has 160 valence electrons. The Morgan fingerprint density at radius 1 is 1.14 bits per heavy atom. The third-order valence-corrected chi connectivity index (χ3v) is 6.81. The Labute approximate surface area is 176 Å². The van der Waals surface area contributed by atoms with Crippen molar-refractivity contribution in [2.24, 2.45) is 17.8 Å². The zero-order chi connectivity index (χ0) is 21.7. The number of Topliss-reactive ketones (excluding diaryl/α,β-unsaturated/α-hetero) is 3. The summed E-state index contributed by atoms with van der Waals surface area (Å²) in [6.07, 6.45) is 6.17. The van der Waals surface area contributed by atoms with E-state index in [9.17, 15) is 14.4 Å². The Morgan fingerprint density at radius 3 is 2.38 bits per heavy atom. The molecule has 29 heavy (non-hydrogen) atoms. The van der Waals surface area contributed by atoms with Crippen molar-refractivity contribution in [1.29, 1.82) is 0 Å². The smallest absolute Gasteiger partial charge is 0.163 e. The van der Waals surface area contributed by atoms with Gasteiger partial charge in [0.2, 0.25) is 0 Å². The predicted molar refractivity (Wildman–Crippen MR) is 119 cm³/mol. The van der Waals surface area contributed by atoms with Gasteiger partial charge in [0.25, 0.3) is 0 Å². The summed E-state index contributed by atoms with van der Waals surface area (Å²) in [7, 11) is 0. The maximum atomic E-state index is 13.1. The number of ketones is 3. The summed E-state index contributed by atoms with van der Waals surface area (Å²) in [5.41, 5.74) is 5.85. The van der Waals surface area contributed by atoms with Gasteiger partial charge in [-0.15, -0.1) is 0 Å². The van der Waals surface area contributed by atoms with Crippen LogP contribution in [-0.2, 0) is 22.4 Å². The molecule has 1 aromatic rings. The molecule has 1 aliphatic rings. The summed E-state index contributed by atoms with van der Waals surface area (Å²) < 4.78 is 0. The maximum absolute atomic E-state index is 13.1. The van der Waals surface area contributed by atoms with Crippen molar-refractivity contribution in [3.05, 3.63) is 33.9 Å². The number of benzene rings is 1. The molecule has 0 aliphatic heterocycles. The second kappa shape index (κ2) is 10.3. The molecule has 2 rings (SSSR count). The quantitative estimate of drug-likeness (QED) is 0.455. The van der Waals surface area contributed by atoms with Crippen molar-refractivity contribution in [3.63, 3.8) is 0 Å². The van der Waals surface area contributed by atoms with Crippen molar-refractivity contribution in [1.82, 2.24) is 0 Å². The van der Waals surface area contributed by atoms with Gasteiger partial charge in [-0.05, 0) is 80.5 Å². The normalized spacial score (nSPS) is 18.3. The van der Waals surface area contributed by atoms with E-state index < -0.39 is 0 Å². The van der Waals surface area contributed by atoms with Crippen LogP contribution >= 0.6 is 0 Å². The van der Waals surface area contributed by atoms with E-state index in [4.69, 9.17) is 0 Å². The lowest BCUT2D eigenvalue weighted by Gasteiger charge is -2.33.